The van der Waals surface area contributed by atoms with E-state index in [1.54, 1.807) is 0 Å². The van der Waals surface area contributed by atoms with Crippen LogP contribution in [-0.4, -0.2) is 40.9 Å². The highest BCUT2D eigenvalue weighted by molar-refractivity contribution is 9.09. The summed E-state index contributed by atoms with van der Waals surface area (Å²) in [6.07, 6.45) is 2.35. The Hall–Kier alpha value is -0.0900. The SMILES string of the molecule is O=C(O)CN1CCC[C@@H](CBr)C1. The summed E-state index contributed by atoms with van der Waals surface area (Å²) < 4.78 is 0. The van der Waals surface area contributed by atoms with Crippen molar-refractivity contribution in [3.63, 3.8) is 0 Å². The normalized spacial score (nSPS) is 25.6. The molecule has 0 aromatic heterocycles. The van der Waals surface area contributed by atoms with E-state index in [4.69, 9.17) is 5.11 Å². The highest BCUT2D eigenvalue weighted by atomic mass is 79.9. The first-order chi connectivity index (χ1) is 5.72. The third kappa shape index (κ3) is 3.11. The molecule has 0 amide bonds. The summed E-state index contributed by atoms with van der Waals surface area (Å²) in [5, 5.41) is 9.56. The molecular weight excluding hydrogens is 222 g/mol. The zero-order chi connectivity index (χ0) is 8.97. The Balaban J connectivity index is 2.30. The van der Waals surface area contributed by atoms with Crippen LogP contribution in [0.5, 0.6) is 0 Å². The fourth-order valence-corrected chi connectivity index (χ4v) is 2.14. The number of carbonyl (C=O) groups is 1. The van der Waals surface area contributed by atoms with Crippen LogP contribution in [0.4, 0.5) is 0 Å². The van der Waals surface area contributed by atoms with Crippen LogP contribution < -0.4 is 0 Å². The molecule has 1 heterocycles. The van der Waals surface area contributed by atoms with Gasteiger partial charge in [-0.05, 0) is 25.3 Å². The number of halogens is 1. The maximum absolute atomic E-state index is 10.4. The van der Waals surface area contributed by atoms with E-state index < -0.39 is 5.97 Å². The minimum atomic E-state index is -0.717. The molecule has 1 atom stereocenters. The highest BCUT2D eigenvalue weighted by Gasteiger charge is 2.19. The molecule has 0 spiro atoms. The molecule has 0 bridgehead atoms. The van der Waals surface area contributed by atoms with Crippen LogP contribution in [0.2, 0.25) is 0 Å². The molecule has 1 fully saturated rings. The van der Waals surface area contributed by atoms with Crippen molar-refractivity contribution in [1.29, 1.82) is 0 Å². The van der Waals surface area contributed by atoms with E-state index in [9.17, 15) is 4.79 Å². The van der Waals surface area contributed by atoms with Crippen molar-refractivity contribution in [1.82, 2.24) is 4.90 Å². The van der Waals surface area contributed by atoms with Crippen LogP contribution >= 0.6 is 15.9 Å². The zero-order valence-electron chi connectivity index (χ0n) is 7.00. The van der Waals surface area contributed by atoms with Gasteiger partial charge in [-0.1, -0.05) is 15.9 Å². The summed E-state index contributed by atoms with van der Waals surface area (Å²) in [5.41, 5.74) is 0. The van der Waals surface area contributed by atoms with E-state index in [-0.39, 0.29) is 6.54 Å². The van der Waals surface area contributed by atoms with E-state index in [2.05, 4.69) is 15.9 Å². The van der Waals surface area contributed by atoms with Gasteiger partial charge in [0.05, 0.1) is 6.54 Å². The number of rotatable bonds is 3. The molecular formula is C8H14BrNO2. The number of piperidine rings is 1. The van der Waals surface area contributed by atoms with Crippen molar-refractivity contribution in [2.24, 2.45) is 5.92 Å². The third-order valence-corrected chi connectivity index (χ3v) is 3.10. The first kappa shape index (κ1) is 9.99. The molecule has 70 valence electrons. The molecule has 0 aliphatic carbocycles. The Kier molecular flexibility index (Phi) is 4.01. The smallest absolute Gasteiger partial charge is 0.317 e. The fourth-order valence-electron chi connectivity index (χ4n) is 1.61. The van der Waals surface area contributed by atoms with Gasteiger partial charge in [0.25, 0.3) is 0 Å². The van der Waals surface area contributed by atoms with Crippen molar-refractivity contribution < 1.29 is 9.90 Å². The number of carboxylic acids is 1. The van der Waals surface area contributed by atoms with Crippen LogP contribution in [0.3, 0.4) is 0 Å². The molecule has 0 aromatic carbocycles. The molecule has 12 heavy (non-hydrogen) atoms. The Morgan fingerprint density at radius 1 is 1.67 bits per heavy atom. The number of alkyl halides is 1. The number of likely N-dealkylation sites (tertiary alicyclic amines) is 1. The zero-order valence-corrected chi connectivity index (χ0v) is 8.59. The van der Waals surface area contributed by atoms with Gasteiger partial charge in [0.15, 0.2) is 0 Å². The van der Waals surface area contributed by atoms with Crippen molar-refractivity contribution in [2.45, 2.75) is 12.8 Å². The maximum atomic E-state index is 10.4. The topological polar surface area (TPSA) is 40.5 Å². The quantitative estimate of drug-likeness (QED) is 0.748. The molecule has 1 aliphatic heterocycles. The maximum Gasteiger partial charge on any atom is 0.317 e. The summed E-state index contributed by atoms with van der Waals surface area (Å²) in [6, 6.07) is 0. The van der Waals surface area contributed by atoms with Crippen LogP contribution in [0.1, 0.15) is 12.8 Å². The first-order valence-corrected chi connectivity index (χ1v) is 5.34. The number of hydrogen-bond donors (Lipinski definition) is 1. The van der Waals surface area contributed by atoms with Gasteiger partial charge in [0.1, 0.15) is 0 Å². The van der Waals surface area contributed by atoms with E-state index in [0.29, 0.717) is 5.92 Å². The minimum absolute atomic E-state index is 0.198. The second kappa shape index (κ2) is 4.82. The van der Waals surface area contributed by atoms with Crippen LogP contribution in [-0.2, 0) is 4.79 Å². The van der Waals surface area contributed by atoms with Crippen LogP contribution in [0, 0.1) is 5.92 Å². The lowest BCUT2D eigenvalue weighted by atomic mass is 10.0. The lowest BCUT2D eigenvalue weighted by molar-refractivity contribution is -0.138. The molecule has 4 heteroatoms. The van der Waals surface area contributed by atoms with Crippen molar-refractivity contribution in [2.75, 3.05) is 25.0 Å². The molecule has 1 saturated heterocycles. The van der Waals surface area contributed by atoms with Gasteiger partial charge in [-0.3, -0.25) is 9.69 Å². The first-order valence-electron chi connectivity index (χ1n) is 4.22. The number of aliphatic carboxylic acids is 1. The Morgan fingerprint density at radius 2 is 2.42 bits per heavy atom. The Bertz CT molecular complexity index is 163. The predicted octanol–water partition coefficient (Wildman–Crippen LogP) is 1.18. The monoisotopic (exact) mass is 235 g/mol. The van der Waals surface area contributed by atoms with Gasteiger partial charge in [0, 0.05) is 11.9 Å². The number of hydrogen-bond acceptors (Lipinski definition) is 2. The lowest BCUT2D eigenvalue weighted by Gasteiger charge is -2.30. The summed E-state index contributed by atoms with van der Waals surface area (Å²) >= 11 is 3.43. The van der Waals surface area contributed by atoms with E-state index in [0.717, 1.165) is 24.8 Å². The number of carboxylic acid groups (broad SMARTS) is 1. The molecule has 1 N–H and O–H groups in total. The van der Waals surface area contributed by atoms with Crippen molar-refractivity contribution in [3.8, 4) is 0 Å². The molecule has 1 aliphatic rings. The molecule has 0 radical (unpaired) electrons. The third-order valence-electron chi connectivity index (χ3n) is 2.18. The Morgan fingerprint density at radius 3 is 3.00 bits per heavy atom. The minimum Gasteiger partial charge on any atom is -0.480 e. The molecule has 3 nitrogen and oxygen atoms in total. The Labute approximate surface area is 80.9 Å². The fraction of sp³-hybridized carbons (Fsp3) is 0.875. The van der Waals surface area contributed by atoms with Crippen molar-refractivity contribution in [3.05, 3.63) is 0 Å². The number of nitrogens with zero attached hydrogens (tertiary/aromatic N) is 1. The van der Waals surface area contributed by atoms with Gasteiger partial charge in [0.2, 0.25) is 0 Å². The van der Waals surface area contributed by atoms with Crippen LogP contribution in [0.25, 0.3) is 0 Å². The average molecular weight is 236 g/mol. The largest absolute Gasteiger partial charge is 0.480 e. The summed E-state index contributed by atoms with van der Waals surface area (Å²) in [4.78, 5) is 12.4. The summed E-state index contributed by atoms with van der Waals surface area (Å²) in [7, 11) is 0. The molecule has 0 aromatic rings. The van der Waals surface area contributed by atoms with E-state index in [1.165, 1.54) is 6.42 Å². The molecule has 0 unspecified atom stereocenters. The van der Waals surface area contributed by atoms with Gasteiger partial charge >= 0.3 is 5.97 Å². The van der Waals surface area contributed by atoms with Gasteiger partial charge in [-0.2, -0.15) is 0 Å². The predicted molar refractivity (Wildman–Crippen MR) is 50.6 cm³/mol. The summed E-state index contributed by atoms with van der Waals surface area (Å²) in [5.74, 6) is -0.0803. The molecule has 0 saturated carbocycles. The van der Waals surface area contributed by atoms with E-state index in [1.807, 2.05) is 4.90 Å². The summed E-state index contributed by atoms with van der Waals surface area (Å²) in [6.45, 7) is 2.07. The van der Waals surface area contributed by atoms with Gasteiger partial charge in [-0.25, -0.2) is 0 Å². The van der Waals surface area contributed by atoms with Gasteiger partial charge < -0.3 is 5.11 Å². The lowest BCUT2D eigenvalue weighted by Crippen LogP contribution is -2.39. The molecule has 1 rings (SSSR count). The van der Waals surface area contributed by atoms with Crippen molar-refractivity contribution >= 4 is 21.9 Å². The van der Waals surface area contributed by atoms with E-state index >= 15 is 0 Å². The standard InChI is InChI=1S/C8H14BrNO2/c9-4-7-2-1-3-10(5-7)6-8(11)12/h7H,1-6H2,(H,11,12)/t7-/m0/s1. The second-order valence-electron chi connectivity index (χ2n) is 3.29. The average Bonchev–Trinajstić information content (AvgIpc) is 2.03. The highest BCUT2D eigenvalue weighted by Crippen LogP contribution is 2.17. The second-order valence-corrected chi connectivity index (χ2v) is 3.94. The van der Waals surface area contributed by atoms with Crippen LogP contribution in [0.15, 0.2) is 0 Å². The van der Waals surface area contributed by atoms with Gasteiger partial charge in [-0.15, -0.1) is 0 Å².